The molecule has 0 saturated carbocycles. The number of nitrogens with two attached hydrogens (primary N) is 2. The summed E-state index contributed by atoms with van der Waals surface area (Å²) in [5.74, 6) is 0.570. The molecule has 0 aliphatic heterocycles. The average Bonchev–Trinajstić information content (AvgIpc) is 2.35. The van der Waals surface area contributed by atoms with Crippen molar-refractivity contribution in [2.75, 3.05) is 0 Å². The fraction of sp³-hybridized carbons (Fsp3) is 0.429. The number of halogens is 1. The highest BCUT2D eigenvalue weighted by Gasteiger charge is 2.39. The predicted octanol–water partition coefficient (Wildman–Crippen LogP) is 3.15. The van der Waals surface area contributed by atoms with Gasteiger partial charge in [0.25, 0.3) is 8.32 Å². The molecular formula is C14H23BrN4O2Si. The molecule has 0 saturated heterocycles. The summed E-state index contributed by atoms with van der Waals surface area (Å²) in [5, 5.41) is 17.3. The maximum Gasteiger partial charge on any atom is 0.250 e. The molecule has 122 valence electrons. The number of hydrogen-bond acceptors (Lipinski definition) is 4. The van der Waals surface area contributed by atoms with Crippen molar-refractivity contribution in [1.82, 2.24) is 0 Å². The van der Waals surface area contributed by atoms with Crippen molar-refractivity contribution >= 4 is 36.4 Å². The van der Waals surface area contributed by atoms with E-state index in [9.17, 15) is 5.11 Å². The molecular weight excluding hydrogens is 364 g/mol. The zero-order valence-electron chi connectivity index (χ0n) is 13.5. The molecule has 22 heavy (non-hydrogen) atoms. The molecule has 0 atom stereocenters. The van der Waals surface area contributed by atoms with Gasteiger partial charge in [0.05, 0.1) is 16.3 Å². The smallest absolute Gasteiger partial charge is 0.250 e. The Kier molecular flexibility index (Phi) is 5.63. The van der Waals surface area contributed by atoms with E-state index in [0.29, 0.717) is 15.8 Å². The fourth-order valence-corrected chi connectivity index (χ4v) is 3.04. The summed E-state index contributed by atoms with van der Waals surface area (Å²) < 4.78 is 6.87. The summed E-state index contributed by atoms with van der Waals surface area (Å²) in [7, 11) is -1.99. The molecule has 0 aliphatic carbocycles. The summed E-state index contributed by atoms with van der Waals surface area (Å²) in [6, 6.07) is 3.29. The molecule has 1 aromatic carbocycles. The van der Waals surface area contributed by atoms with Gasteiger partial charge in [-0.25, -0.2) is 0 Å². The number of guanidine groups is 1. The second-order valence-electron chi connectivity index (χ2n) is 6.44. The van der Waals surface area contributed by atoms with Gasteiger partial charge in [0.15, 0.2) is 0 Å². The quantitative estimate of drug-likeness (QED) is 0.319. The summed E-state index contributed by atoms with van der Waals surface area (Å²) >= 11 is 3.45. The van der Waals surface area contributed by atoms with Crippen molar-refractivity contribution in [3.05, 3.63) is 22.2 Å². The number of hydrogen-bond donors (Lipinski definition) is 3. The first kappa shape index (κ1) is 18.5. The van der Waals surface area contributed by atoms with E-state index in [0.717, 1.165) is 0 Å². The molecule has 0 aliphatic rings. The Morgan fingerprint density at radius 3 is 2.41 bits per heavy atom. The van der Waals surface area contributed by atoms with Gasteiger partial charge >= 0.3 is 0 Å². The van der Waals surface area contributed by atoms with Crippen molar-refractivity contribution in [1.29, 1.82) is 0 Å². The van der Waals surface area contributed by atoms with Crippen LogP contribution in [0.15, 0.2) is 26.8 Å². The van der Waals surface area contributed by atoms with E-state index in [-0.39, 0.29) is 16.7 Å². The van der Waals surface area contributed by atoms with Crippen molar-refractivity contribution < 1.29 is 9.53 Å². The number of benzene rings is 1. The Labute approximate surface area is 140 Å². The summed E-state index contributed by atoms with van der Waals surface area (Å²) in [6.45, 7) is 10.8. The highest BCUT2D eigenvalue weighted by Crippen LogP contribution is 2.41. The molecule has 0 fully saturated rings. The molecule has 5 N–H and O–H groups in total. The van der Waals surface area contributed by atoms with Crippen molar-refractivity contribution in [2.45, 2.75) is 38.9 Å². The van der Waals surface area contributed by atoms with Crippen LogP contribution in [-0.4, -0.2) is 25.6 Å². The molecule has 0 aromatic heterocycles. The van der Waals surface area contributed by atoms with Crippen LogP contribution in [0.2, 0.25) is 18.1 Å². The van der Waals surface area contributed by atoms with Crippen LogP contribution in [0.5, 0.6) is 11.5 Å². The lowest BCUT2D eigenvalue weighted by atomic mass is 10.2. The largest absolute Gasteiger partial charge is 0.543 e. The normalized spacial score (nSPS) is 12.5. The minimum atomic E-state index is -1.99. The van der Waals surface area contributed by atoms with Gasteiger partial charge in [0.2, 0.25) is 5.96 Å². The maximum absolute atomic E-state index is 9.96. The van der Waals surface area contributed by atoms with Crippen molar-refractivity contribution in [2.24, 2.45) is 21.7 Å². The van der Waals surface area contributed by atoms with Gasteiger partial charge in [-0.1, -0.05) is 20.8 Å². The van der Waals surface area contributed by atoms with Crippen LogP contribution in [0.25, 0.3) is 0 Å². The monoisotopic (exact) mass is 386 g/mol. The van der Waals surface area contributed by atoms with Gasteiger partial charge in [-0.3, -0.25) is 0 Å². The molecule has 0 bridgehead atoms. The third-order valence-electron chi connectivity index (χ3n) is 3.65. The van der Waals surface area contributed by atoms with E-state index in [1.807, 2.05) is 0 Å². The molecule has 0 radical (unpaired) electrons. The van der Waals surface area contributed by atoms with Crippen LogP contribution in [0, 0.1) is 0 Å². The second kappa shape index (κ2) is 6.70. The highest BCUT2D eigenvalue weighted by atomic mass is 79.9. The van der Waals surface area contributed by atoms with Gasteiger partial charge in [-0.15, -0.1) is 5.10 Å². The van der Waals surface area contributed by atoms with Crippen molar-refractivity contribution in [3.63, 3.8) is 0 Å². The minimum absolute atomic E-state index is 0.0593. The average molecular weight is 387 g/mol. The van der Waals surface area contributed by atoms with E-state index in [1.165, 1.54) is 6.21 Å². The number of rotatable bonds is 4. The van der Waals surface area contributed by atoms with E-state index >= 15 is 0 Å². The third-order valence-corrected chi connectivity index (χ3v) is 8.81. The Hall–Kier alpha value is -1.54. The molecule has 0 amide bonds. The molecule has 0 spiro atoms. The Bertz CT molecular complexity index is 606. The minimum Gasteiger partial charge on any atom is -0.543 e. The Morgan fingerprint density at radius 1 is 1.32 bits per heavy atom. The lowest BCUT2D eigenvalue weighted by Gasteiger charge is -2.36. The van der Waals surface area contributed by atoms with Crippen LogP contribution in [-0.2, 0) is 0 Å². The van der Waals surface area contributed by atoms with Gasteiger partial charge in [-0.05, 0) is 46.2 Å². The third kappa shape index (κ3) is 4.47. The zero-order chi connectivity index (χ0) is 17.1. The Morgan fingerprint density at radius 2 is 1.91 bits per heavy atom. The first-order valence-corrected chi connectivity index (χ1v) is 10.5. The molecule has 1 aromatic rings. The van der Waals surface area contributed by atoms with E-state index in [4.69, 9.17) is 15.9 Å². The lowest BCUT2D eigenvalue weighted by Crippen LogP contribution is -2.44. The fourth-order valence-electron chi connectivity index (χ4n) is 1.35. The van der Waals surface area contributed by atoms with Crippen LogP contribution in [0.3, 0.4) is 0 Å². The first-order valence-electron chi connectivity index (χ1n) is 6.78. The number of aromatic hydroxyl groups is 1. The van der Waals surface area contributed by atoms with Crippen LogP contribution >= 0.6 is 15.9 Å². The van der Waals surface area contributed by atoms with E-state index in [1.54, 1.807) is 12.1 Å². The molecule has 0 unspecified atom stereocenters. The zero-order valence-corrected chi connectivity index (χ0v) is 16.1. The Balaban J connectivity index is 3.20. The van der Waals surface area contributed by atoms with Crippen LogP contribution in [0.1, 0.15) is 26.3 Å². The van der Waals surface area contributed by atoms with Crippen LogP contribution < -0.4 is 15.9 Å². The standard InChI is InChI=1S/C14H23BrN4O2Si/c1-14(2,3)22(4,5)21-11-7-6-10(20)9(12(11)15)8-18-19-13(16)17/h6-8,20H,1-5H3,(H4,16,17,19). The van der Waals surface area contributed by atoms with Gasteiger partial charge in [0.1, 0.15) is 11.5 Å². The molecule has 1 rings (SSSR count). The number of phenolic OH excluding ortho intramolecular Hbond substituents is 1. The molecule has 6 nitrogen and oxygen atoms in total. The second-order valence-corrected chi connectivity index (χ2v) is 12.0. The van der Waals surface area contributed by atoms with Gasteiger partial charge in [-0.2, -0.15) is 5.10 Å². The van der Waals surface area contributed by atoms with E-state index in [2.05, 4.69) is 60.0 Å². The first-order chi connectivity index (χ1) is 9.95. The summed E-state index contributed by atoms with van der Waals surface area (Å²) in [5.41, 5.74) is 10.9. The number of nitrogens with zero attached hydrogens (tertiary/aromatic N) is 2. The lowest BCUT2D eigenvalue weighted by molar-refractivity contribution is 0.466. The number of phenols is 1. The van der Waals surface area contributed by atoms with Crippen molar-refractivity contribution in [3.8, 4) is 11.5 Å². The van der Waals surface area contributed by atoms with E-state index < -0.39 is 8.32 Å². The van der Waals surface area contributed by atoms with Crippen LogP contribution in [0.4, 0.5) is 0 Å². The molecule has 0 heterocycles. The van der Waals surface area contributed by atoms with Gasteiger partial charge < -0.3 is 21.0 Å². The maximum atomic E-state index is 9.96. The SMILES string of the molecule is CC(C)(C)[Si](C)(C)Oc1ccc(O)c(C=NN=C(N)N)c1Br. The molecule has 8 heteroatoms. The summed E-state index contributed by atoms with van der Waals surface area (Å²) in [4.78, 5) is 0. The predicted molar refractivity (Wildman–Crippen MR) is 97.0 cm³/mol. The summed E-state index contributed by atoms with van der Waals surface area (Å²) in [6.07, 6.45) is 1.37. The topological polar surface area (TPSA) is 106 Å². The van der Waals surface area contributed by atoms with Gasteiger partial charge in [0, 0.05) is 0 Å². The highest BCUT2D eigenvalue weighted by molar-refractivity contribution is 9.10.